The molecule has 0 aromatic heterocycles. The highest BCUT2D eigenvalue weighted by Crippen LogP contribution is 2.19. The van der Waals surface area contributed by atoms with Crippen molar-refractivity contribution >= 4 is 30.5 Å². The molecule has 4 N–H and O–H groups in total. The molecule has 1 saturated heterocycles. The molecule has 9 heteroatoms. The molecule has 8 nitrogen and oxygen atoms in total. The second kappa shape index (κ2) is 7.86. The van der Waals surface area contributed by atoms with Gasteiger partial charge in [-0.05, 0) is 38.5 Å². The van der Waals surface area contributed by atoms with Crippen molar-refractivity contribution < 1.29 is 24.2 Å². The van der Waals surface area contributed by atoms with Gasteiger partial charge in [0.05, 0.1) is 6.04 Å². The fourth-order valence-electron chi connectivity index (χ4n) is 2.39. The molecule has 2 rings (SSSR count). The number of aromatic hydroxyl groups is 1. The van der Waals surface area contributed by atoms with E-state index in [0.29, 0.717) is 11.3 Å². The zero-order chi connectivity index (χ0) is 19.5. The van der Waals surface area contributed by atoms with Gasteiger partial charge in [-0.2, -0.15) is 12.6 Å². The van der Waals surface area contributed by atoms with E-state index in [0.717, 1.165) is 0 Å². The van der Waals surface area contributed by atoms with Crippen molar-refractivity contribution in [2.24, 2.45) is 0 Å². The Balaban J connectivity index is 2.16. The number of ether oxygens (including phenoxy) is 1. The zero-order valence-electron chi connectivity index (χ0n) is 14.8. The average molecular weight is 381 g/mol. The highest BCUT2D eigenvalue weighted by Gasteiger charge is 2.40. The quantitative estimate of drug-likeness (QED) is 0.383. The van der Waals surface area contributed by atoms with E-state index < -0.39 is 29.7 Å². The van der Waals surface area contributed by atoms with E-state index in [9.17, 15) is 19.5 Å². The molecule has 1 fully saturated rings. The van der Waals surface area contributed by atoms with Crippen molar-refractivity contribution in [2.45, 2.75) is 44.5 Å². The smallest absolute Gasteiger partial charge is 0.408 e. The molecule has 0 spiro atoms. The summed E-state index contributed by atoms with van der Waals surface area (Å²) in [6.45, 7) is 5.12. The normalized spacial score (nSPS) is 20.4. The predicted octanol–water partition coefficient (Wildman–Crippen LogP) is 0.871. The Bertz CT molecular complexity index is 687. The van der Waals surface area contributed by atoms with E-state index in [2.05, 4.69) is 28.6 Å². The van der Waals surface area contributed by atoms with Crippen molar-refractivity contribution in [1.82, 2.24) is 16.0 Å². The van der Waals surface area contributed by atoms with E-state index in [1.54, 1.807) is 20.8 Å². The topological polar surface area (TPSA) is 117 Å². The Hall–Kier alpha value is -2.42. The first-order valence-electron chi connectivity index (χ1n) is 8.11. The summed E-state index contributed by atoms with van der Waals surface area (Å²) in [6.07, 6.45) is -0.769. The molecule has 0 saturated carbocycles. The number of hydrogen-bond donors (Lipinski definition) is 5. The number of benzene rings is 1. The van der Waals surface area contributed by atoms with Crippen LogP contribution in [0.25, 0.3) is 0 Å². The van der Waals surface area contributed by atoms with Gasteiger partial charge in [0.15, 0.2) is 0 Å². The fourth-order valence-corrected chi connectivity index (χ4v) is 2.69. The molecule has 26 heavy (non-hydrogen) atoms. The molecule has 3 amide bonds. The number of phenolic OH excluding ortho intramolecular Hbond substituents is 1. The molecule has 1 unspecified atom stereocenters. The van der Waals surface area contributed by atoms with Crippen LogP contribution in [-0.4, -0.2) is 46.5 Å². The van der Waals surface area contributed by atoms with E-state index >= 15 is 0 Å². The van der Waals surface area contributed by atoms with Gasteiger partial charge in [-0.15, -0.1) is 0 Å². The summed E-state index contributed by atoms with van der Waals surface area (Å²) in [7, 11) is 0. The maximum absolute atomic E-state index is 12.7. The van der Waals surface area contributed by atoms with Crippen LogP contribution in [0, 0.1) is 0 Å². The average Bonchev–Trinajstić information content (AvgIpc) is 2.54. The van der Waals surface area contributed by atoms with Crippen LogP contribution in [0.2, 0.25) is 0 Å². The van der Waals surface area contributed by atoms with Crippen LogP contribution in [0.15, 0.2) is 24.3 Å². The molecule has 1 aromatic rings. The monoisotopic (exact) mass is 381 g/mol. The molecular formula is C17H23N3O5S. The molecule has 0 radical (unpaired) electrons. The third-order valence-electron chi connectivity index (χ3n) is 3.66. The van der Waals surface area contributed by atoms with Gasteiger partial charge in [0.25, 0.3) is 0 Å². The van der Waals surface area contributed by atoms with Gasteiger partial charge in [0.2, 0.25) is 11.8 Å². The van der Waals surface area contributed by atoms with Crippen LogP contribution in [0.1, 0.15) is 32.4 Å². The first-order valence-corrected chi connectivity index (χ1v) is 8.74. The van der Waals surface area contributed by atoms with Crippen molar-refractivity contribution in [3.63, 3.8) is 0 Å². The minimum atomic E-state index is -1.08. The number of β-lactam (4-membered cyclic amide) rings is 1. The number of hydrogen-bond acceptors (Lipinski definition) is 6. The molecular weight excluding hydrogens is 358 g/mol. The first-order chi connectivity index (χ1) is 12.1. The minimum Gasteiger partial charge on any atom is -0.508 e. The third kappa shape index (κ3) is 5.04. The van der Waals surface area contributed by atoms with Crippen LogP contribution in [0.3, 0.4) is 0 Å². The molecule has 0 aliphatic carbocycles. The Morgan fingerprint density at radius 2 is 1.92 bits per heavy atom. The largest absolute Gasteiger partial charge is 0.508 e. The predicted molar refractivity (Wildman–Crippen MR) is 97.9 cm³/mol. The minimum absolute atomic E-state index is 0.0266. The van der Waals surface area contributed by atoms with Gasteiger partial charge in [-0.25, -0.2) is 4.79 Å². The van der Waals surface area contributed by atoms with Crippen LogP contribution in [-0.2, 0) is 14.3 Å². The third-order valence-corrected chi connectivity index (χ3v) is 4.05. The van der Waals surface area contributed by atoms with E-state index in [-0.39, 0.29) is 17.7 Å². The van der Waals surface area contributed by atoms with Crippen molar-refractivity contribution in [1.29, 1.82) is 0 Å². The summed E-state index contributed by atoms with van der Waals surface area (Å²) < 4.78 is 5.20. The number of thiol groups is 1. The summed E-state index contributed by atoms with van der Waals surface area (Å²) in [5, 5.41) is 17.2. The number of amides is 3. The second-order valence-corrected chi connectivity index (χ2v) is 7.32. The second-order valence-electron chi connectivity index (χ2n) is 6.95. The highest BCUT2D eigenvalue weighted by molar-refractivity contribution is 7.80. The van der Waals surface area contributed by atoms with E-state index in [1.807, 2.05) is 0 Å². The Morgan fingerprint density at radius 1 is 1.31 bits per heavy atom. The SMILES string of the molecule is CC(C)(C)OC(=O)NC(C(=O)N[C@@H]1C(=O)N[C@@H]1CS)c1ccc(O)cc1. The standard InChI is InChI=1S/C17H23N3O5S/c1-17(2,3)25-16(24)20-12(9-4-6-10(21)7-5-9)14(22)19-13-11(8-26)18-15(13)23/h4-7,11-13,21,26H,8H2,1-3H3,(H,18,23)(H,19,22)(H,20,24)/t11-,12?,13+/m1/s1. The van der Waals surface area contributed by atoms with Gasteiger partial charge >= 0.3 is 6.09 Å². The molecule has 3 atom stereocenters. The Labute approximate surface area is 157 Å². The van der Waals surface area contributed by atoms with Crippen LogP contribution < -0.4 is 16.0 Å². The fraction of sp³-hybridized carbons (Fsp3) is 0.471. The van der Waals surface area contributed by atoms with E-state index in [4.69, 9.17) is 4.74 Å². The maximum Gasteiger partial charge on any atom is 0.408 e. The number of alkyl carbamates (subject to hydrolysis) is 1. The zero-order valence-corrected chi connectivity index (χ0v) is 15.7. The highest BCUT2D eigenvalue weighted by atomic mass is 32.1. The van der Waals surface area contributed by atoms with Gasteiger partial charge in [-0.1, -0.05) is 12.1 Å². The maximum atomic E-state index is 12.7. The Morgan fingerprint density at radius 3 is 2.42 bits per heavy atom. The molecule has 142 valence electrons. The van der Waals surface area contributed by atoms with Crippen LogP contribution >= 0.6 is 12.6 Å². The van der Waals surface area contributed by atoms with Crippen LogP contribution in [0.4, 0.5) is 4.79 Å². The van der Waals surface area contributed by atoms with Crippen molar-refractivity contribution in [3.05, 3.63) is 29.8 Å². The number of carbonyl (C=O) groups is 3. The Kier molecular flexibility index (Phi) is 6.01. The summed E-state index contributed by atoms with van der Waals surface area (Å²) in [4.78, 5) is 36.4. The molecule has 1 aliphatic rings. The number of carbonyl (C=O) groups excluding carboxylic acids is 3. The summed E-state index contributed by atoms with van der Waals surface area (Å²) in [5.74, 6) is -0.467. The lowest BCUT2D eigenvalue weighted by atomic mass is 9.99. The number of rotatable bonds is 5. The van der Waals surface area contributed by atoms with Gasteiger partial charge in [-0.3, -0.25) is 9.59 Å². The van der Waals surface area contributed by atoms with E-state index in [1.165, 1.54) is 24.3 Å². The molecule has 1 aromatic carbocycles. The molecule has 1 heterocycles. The van der Waals surface area contributed by atoms with Gasteiger partial charge in [0.1, 0.15) is 23.4 Å². The number of nitrogens with one attached hydrogen (secondary N) is 3. The lowest BCUT2D eigenvalue weighted by Gasteiger charge is -2.37. The lowest BCUT2D eigenvalue weighted by molar-refractivity contribution is -0.136. The van der Waals surface area contributed by atoms with Crippen molar-refractivity contribution in [3.8, 4) is 5.75 Å². The van der Waals surface area contributed by atoms with Crippen molar-refractivity contribution in [2.75, 3.05) is 5.75 Å². The lowest BCUT2D eigenvalue weighted by Crippen LogP contribution is -2.70. The summed E-state index contributed by atoms with van der Waals surface area (Å²) in [5.41, 5.74) is -0.293. The summed E-state index contributed by atoms with van der Waals surface area (Å²) >= 11 is 4.12. The summed E-state index contributed by atoms with van der Waals surface area (Å²) in [6, 6.07) is 3.76. The molecule has 0 bridgehead atoms. The number of phenols is 1. The van der Waals surface area contributed by atoms with Gasteiger partial charge in [0, 0.05) is 5.75 Å². The van der Waals surface area contributed by atoms with Gasteiger partial charge < -0.3 is 25.8 Å². The van der Waals surface area contributed by atoms with Crippen LogP contribution in [0.5, 0.6) is 5.75 Å². The first kappa shape index (κ1) is 19.9. The molecule has 1 aliphatic heterocycles.